The minimum absolute atomic E-state index is 0.172. The van der Waals surface area contributed by atoms with Crippen molar-refractivity contribution in [1.82, 2.24) is 0 Å². The second-order valence-corrected chi connectivity index (χ2v) is 8.72. The predicted molar refractivity (Wildman–Crippen MR) is 81.8 cm³/mol. The largest absolute Gasteiger partial charge is 0.497 e. The van der Waals surface area contributed by atoms with Crippen molar-refractivity contribution in [1.29, 1.82) is 0 Å². The highest BCUT2D eigenvalue weighted by atomic mass is 32.3. The van der Waals surface area contributed by atoms with E-state index in [4.69, 9.17) is 4.74 Å². The fourth-order valence-corrected chi connectivity index (χ4v) is 6.80. The lowest BCUT2D eigenvalue weighted by Crippen LogP contribution is -2.03. The molecule has 5 nitrogen and oxygen atoms in total. The van der Waals surface area contributed by atoms with Crippen molar-refractivity contribution >= 4 is 25.8 Å². The molecule has 0 unspecified atom stereocenters. The van der Waals surface area contributed by atoms with Crippen LogP contribution in [0, 0.1) is 0 Å². The number of methoxy groups -OCH3 is 1. The molecule has 2 aromatic carbocycles. The van der Waals surface area contributed by atoms with Gasteiger partial charge in [-0.1, -0.05) is 24.3 Å². The highest BCUT2D eigenvalue weighted by Crippen LogP contribution is 2.41. The van der Waals surface area contributed by atoms with Gasteiger partial charge >= 0.3 is 0 Å². The first kappa shape index (κ1) is 14.8. The smallest absolute Gasteiger partial charge is 0.219 e. The Morgan fingerprint density at radius 2 is 1.32 bits per heavy atom. The van der Waals surface area contributed by atoms with Gasteiger partial charge in [-0.3, -0.25) is 0 Å². The number of sulfone groups is 2. The lowest BCUT2D eigenvalue weighted by atomic mass is 10.2. The Kier molecular flexibility index (Phi) is 3.34. The SMILES string of the molecule is COc1ccc(C=C2S(=O)(=O)c3ccccc3S2(=O)=O)cc1. The summed E-state index contributed by atoms with van der Waals surface area (Å²) in [5.41, 5.74) is 0.468. The standard InChI is InChI=1S/C15H12O5S2/c1-20-12-8-6-11(7-9-12)10-15-21(16,17)13-4-2-3-5-14(13)22(15,18)19/h2-10H,1H3. The monoisotopic (exact) mass is 336 g/mol. The van der Waals surface area contributed by atoms with Crippen molar-refractivity contribution in [2.75, 3.05) is 7.11 Å². The number of ether oxygens (including phenoxy) is 1. The van der Waals surface area contributed by atoms with Crippen LogP contribution in [0.1, 0.15) is 5.56 Å². The molecule has 0 fully saturated rings. The van der Waals surface area contributed by atoms with Crippen LogP contribution in [0.4, 0.5) is 0 Å². The first-order valence-electron chi connectivity index (χ1n) is 6.32. The van der Waals surface area contributed by atoms with Crippen molar-refractivity contribution in [3.05, 3.63) is 58.3 Å². The van der Waals surface area contributed by atoms with Crippen LogP contribution in [-0.2, 0) is 19.7 Å². The van der Waals surface area contributed by atoms with Gasteiger partial charge < -0.3 is 4.74 Å². The van der Waals surface area contributed by atoms with E-state index in [2.05, 4.69) is 0 Å². The van der Waals surface area contributed by atoms with E-state index in [1.807, 2.05) is 0 Å². The fourth-order valence-electron chi connectivity index (χ4n) is 2.25. The maximum atomic E-state index is 12.5. The Morgan fingerprint density at radius 1 is 0.818 bits per heavy atom. The molecule has 0 radical (unpaired) electrons. The first-order valence-corrected chi connectivity index (χ1v) is 9.29. The average Bonchev–Trinajstić information content (AvgIpc) is 2.66. The van der Waals surface area contributed by atoms with Crippen LogP contribution in [-0.4, -0.2) is 23.9 Å². The lowest BCUT2D eigenvalue weighted by molar-refractivity contribution is 0.415. The van der Waals surface area contributed by atoms with Gasteiger partial charge in [0.2, 0.25) is 19.7 Å². The molecule has 0 aliphatic carbocycles. The Morgan fingerprint density at radius 3 is 1.77 bits per heavy atom. The van der Waals surface area contributed by atoms with Gasteiger partial charge in [0.05, 0.1) is 16.9 Å². The lowest BCUT2D eigenvalue weighted by Gasteiger charge is -2.01. The average molecular weight is 336 g/mol. The third-order valence-electron chi connectivity index (χ3n) is 3.36. The summed E-state index contributed by atoms with van der Waals surface area (Å²) in [6.07, 6.45) is 1.17. The van der Waals surface area contributed by atoms with Gasteiger partial charge in [-0.2, -0.15) is 0 Å². The number of hydrogen-bond acceptors (Lipinski definition) is 5. The van der Waals surface area contributed by atoms with Gasteiger partial charge in [0.1, 0.15) is 5.75 Å². The van der Waals surface area contributed by atoms with E-state index in [1.165, 1.54) is 37.5 Å². The summed E-state index contributed by atoms with van der Waals surface area (Å²) in [6, 6.07) is 12.1. The molecule has 0 aromatic heterocycles. The second-order valence-electron chi connectivity index (χ2n) is 4.69. The molecule has 0 bridgehead atoms. The minimum Gasteiger partial charge on any atom is -0.497 e. The van der Waals surface area contributed by atoms with Crippen molar-refractivity contribution < 1.29 is 21.6 Å². The van der Waals surface area contributed by atoms with Crippen LogP contribution in [0.5, 0.6) is 5.75 Å². The summed E-state index contributed by atoms with van der Waals surface area (Å²) in [4.78, 5) is -0.343. The van der Waals surface area contributed by atoms with Crippen LogP contribution in [0.15, 0.2) is 62.6 Å². The molecule has 1 heterocycles. The van der Waals surface area contributed by atoms with Gasteiger partial charge in [0, 0.05) is 0 Å². The summed E-state index contributed by atoms with van der Waals surface area (Å²) in [6.45, 7) is 0. The molecule has 0 N–H and O–H groups in total. The van der Waals surface area contributed by atoms with E-state index in [0.29, 0.717) is 11.3 Å². The van der Waals surface area contributed by atoms with E-state index in [9.17, 15) is 16.8 Å². The highest BCUT2D eigenvalue weighted by Gasteiger charge is 2.44. The van der Waals surface area contributed by atoms with Gasteiger partial charge in [0.25, 0.3) is 0 Å². The molecule has 22 heavy (non-hydrogen) atoms. The third kappa shape index (κ3) is 2.13. The molecule has 0 saturated carbocycles. The van der Waals surface area contributed by atoms with E-state index in [1.54, 1.807) is 24.3 Å². The van der Waals surface area contributed by atoms with Gasteiger partial charge in [-0.05, 0) is 35.9 Å². The Balaban J connectivity index is 2.21. The molecule has 0 amide bonds. The molecule has 1 aliphatic heterocycles. The van der Waals surface area contributed by atoms with Crippen LogP contribution < -0.4 is 4.74 Å². The van der Waals surface area contributed by atoms with Crippen LogP contribution in [0.3, 0.4) is 0 Å². The van der Waals surface area contributed by atoms with E-state index in [-0.39, 0.29) is 9.79 Å². The summed E-state index contributed by atoms with van der Waals surface area (Å²) in [5, 5.41) is 0. The molecule has 114 valence electrons. The number of benzene rings is 2. The minimum atomic E-state index is -4.03. The fraction of sp³-hybridized carbons (Fsp3) is 0.0667. The van der Waals surface area contributed by atoms with E-state index in [0.717, 1.165) is 0 Å². The van der Waals surface area contributed by atoms with Crippen molar-refractivity contribution in [2.24, 2.45) is 0 Å². The zero-order chi connectivity index (χ0) is 16.0. The summed E-state index contributed by atoms with van der Waals surface area (Å²) < 4.78 is 54.2. The topological polar surface area (TPSA) is 77.5 Å². The maximum Gasteiger partial charge on any atom is 0.219 e. The van der Waals surface area contributed by atoms with Crippen molar-refractivity contribution in [2.45, 2.75) is 9.79 Å². The molecule has 3 rings (SSSR count). The summed E-state index contributed by atoms with van der Waals surface area (Å²) in [5.74, 6) is 0.600. The Labute approximate surface area is 128 Å². The van der Waals surface area contributed by atoms with E-state index < -0.39 is 23.9 Å². The van der Waals surface area contributed by atoms with Crippen LogP contribution in [0.25, 0.3) is 6.08 Å². The molecular weight excluding hydrogens is 324 g/mol. The van der Waals surface area contributed by atoms with Crippen LogP contribution in [0.2, 0.25) is 0 Å². The quantitative estimate of drug-likeness (QED) is 0.840. The normalized spacial score (nSPS) is 17.8. The zero-order valence-electron chi connectivity index (χ0n) is 11.6. The van der Waals surface area contributed by atoms with E-state index >= 15 is 0 Å². The van der Waals surface area contributed by atoms with Gasteiger partial charge in [-0.15, -0.1) is 0 Å². The highest BCUT2D eigenvalue weighted by molar-refractivity contribution is 8.17. The summed E-state index contributed by atoms with van der Waals surface area (Å²) >= 11 is 0. The maximum absolute atomic E-state index is 12.5. The number of rotatable bonds is 2. The zero-order valence-corrected chi connectivity index (χ0v) is 13.2. The molecule has 1 aliphatic rings. The first-order chi connectivity index (χ1) is 10.4. The third-order valence-corrected chi connectivity index (χ3v) is 7.97. The number of fused-ring (bicyclic) bond motifs is 1. The van der Waals surface area contributed by atoms with Crippen molar-refractivity contribution in [3.63, 3.8) is 0 Å². The molecular formula is C15H12O5S2. The van der Waals surface area contributed by atoms with Gasteiger partial charge in [0.15, 0.2) is 4.24 Å². The van der Waals surface area contributed by atoms with Crippen molar-refractivity contribution in [3.8, 4) is 5.75 Å². The Hall–Kier alpha value is -2.12. The number of hydrogen-bond donors (Lipinski definition) is 0. The molecule has 0 saturated heterocycles. The predicted octanol–water partition coefficient (Wildman–Crippen LogP) is 2.25. The summed E-state index contributed by atoms with van der Waals surface area (Å²) in [7, 11) is -6.54. The molecule has 0 atom stereocenters. The Bertz CT molecular complexity index is 914. The second kappa shape index (κ2) is 4.96. The van der Waals surface area contributed by atoms with Crippen LogP contribution >= 0.6 is 0 Å². The van der Waals surface area contributed by atoms with Gasteiger partial charge in [-0.25, -0.2) is 16.8 Å². The molecule has 0 spiro atoms. The molecule has 7 heteroatoms. The molecule has 2 aromatic rings.